The van der Waals surface area contributed by atoms with Gasteiger partial charge in [0, 0.05) is 5.56 Å². The minimum Gasteiger partial charge on any atom is -0.493 e. The molecule has 1 unspecified atom stereocenters. The molecule has 1 aliphatic carbocycles. The van der Waals surface area contributed by atoms with Crippen LogP contribution in [0.2, 0.25) is 0 Å². The normalized spacial score (nSPS) is 23.9. The van der Waals surface area contributed by atoms with E-state index in [1.54, 1.807) is 6.07 Å². The molecule has 2 aromatic rings. The number of nitrogens with one attached hydrogen (secondary N) is 1. The van der Waals surface area contributed by atoms with E-state index < -0.39 is 73.9 Å². The fourth-order valence-corrected chi connectivity index (χ4v) is 5.47. The summed E-state index contributed by atoms with van der Waals surface area (Å²) in [6.45, 7) is -2.01. The Morgan fingerprint density at radius 2 is 1.64 bits per heavy atom. The molecule has 1 saturated heterocycles. The summed E-state index contributed by atoms with van der Waals surface area (Å²) < 4.78 is 37.2. The number of carbonyl (C=O) groups excluding carboxylic acids is 2. The molecule has 6 atom stereocenters. The maximum absolute atomic E-state index is 13.0. The van der Waals surface area contributed by atoms with E-state index in [0.29, 0.717) is 46.8 Å². The molecule has 246 valence electrons. The lowest BCUT2D eigenvalue weighted by molar-refractivity contribution is -0.290. The lowest BCUT2D eigenvalue weighted by Gasteiger charge is -2.39. The highest BCUT2D eigenvalue weighted by Crippen LogP contribution is 2.50. The third-order valence-electron chi connectivity index (χ3n) is 7.62. The van der Waals surface area contributed by atoms with E-state index in [9.17, 15) is 34.8 Å². The third kappa shape index (κ3) is 7.13. The second-order valence-electron chi connectivity index (χ2n) is 10.3. The summed E-state index contributed by atoms with van der Waals surface area (Å²) in [7, 11) is 5.85. The van der Waals surface area contributed by atoms with Crippen LogP contribution in [0.3, 0.4) is 0 Å². The van der Waals surface area contributed by atoms with Crippen molar-refractivity contribution in [2.45, 2.75) is 49.6 Å². The largest absolute Gasteiger partial charge is 0.493 e. The van der Waals surface area contributed by atoms with Crippen LogP contribution in [0.5, 0.6) is 23.0 Å². The molecule has 0 saturated carbocycles. The first-order valence-corrected chi connectivity index (χ1v) is 14.0. The molecule has 0 bridgehead atoms. The SMILES string of the molecule is COc1cc2c(c(OC)c1OC)-c1ccc(OC)c(=O)cc1[C@@H](NC(=O)COCC(=O)O[C@H]1[C@H](O)[C@@H](CO)OC(O)[C@@H]1O)CC2. The van der Waals surface area contributed by atoms with Gasteiger partial charge in [0.15, 0.2) is 29.6 Å². The quantitative estimate of drug-likeness (QED) is 0.192. The Bertz CT molecular complexity index is 1450. The van der Waals surface area contributed by atoms with Crippen LogP contribution in [-0.2, 0) is 30.2 Å². The van der Waals surface area contributed by atoms with E-state index >= 15 is 0 Å². The number of hydrogen-bond acceptors (Lipinski definition) is 14. The second-order valence-corrected chi connectivity index (χ2v) is 10.3. The number of esters is 1. The number of rotatable bonds is 11. The van der Waals surface area contributed by atoms with Crippen LogP contribution in [0.1, 0.15) is 23.6 Å². The highest BCUT2D eigenvalue weighted by Gasteiger charge is 2.46. The fourth-order valence-electron chi connectivity index (χ4n) is 5.47. The standard InChI is InChI=1S/C30H37NO14/c1-39-19-8-6-15-16(10-18(19)33)17(7-5-14-9-20(40-2)27(41-3)28(42-4)24(14)15)31-22(34)12-43-13-23(35)45-29-25(36)21(11-32)44-30(38)26(29)37/h6,8-10,17,21,25-26,29-30,32,36-38H,5,7,11-13H2,1-4H3,(H,31,34)/t17-,21+,25+,26+,29-,30?/m0/s1. The Morgan fingerprint density at radius 3 is 2.29 bits per heavy atom. The first kappa shape index (κ1) is 33.9. The summed E-state index contributed by atoms with van der Waals surface area (Å²) in [4.78, 5) is 38.4. The number of benzene rings is 1. The van der Waals surface area contributed by atoms with Gasteiger partial charge in [-0.2, -0.15) is 0 Å². The lowest BCUT2D eigenvalue weighted by Crippen LogP contribution is -2.60. The Morgan fingerprint density at radius 1 is 0.933 bits per heavy atom. The summed E-state index contributed by atoms with van der Waals surface area (Å²) in [5.41, 5.74) is 2.15. The van der Waals surface area contributed by atoms with E-state index in [-0.39, 0.29) is 5.75 Å². The van der Waals surface area contributed by atoms with Gasteiger partial charge in [0.2, 0.25) is 17.1 Å². The first-order valence-electron chi connectivity index (χ1n) is 14.0. The molecule has 2 aromatic carbocycles. The van der Waals surface area contributed by atoms with Crippen LogP contribution in [0.4, 0.5) is 0 Å². The highest BCUT2D eigenvalue weighted by atomic mass is 16.7. The molecule has 4 rings (SSSR count). The predicted octanol–water partition coefficient (Wildman–Crippen LogP) is -0.789. The number of aryl methyl sites for hydroxylation is 1. The van der Waals surface area contributed by atoms with Gasteiger partial charge in [-0.1, -0.05) is 6.07 Å². The first-order chi connectivity index (χ1) is 21.6. The monoisotopic (exact) mass is 635 g/mol. The van der Waals surface area contributed by atoms with Crippen LogP contribution in [-0.4, -0.2) is 111 Å². The zero-order chi connectivity index (χ0) is 32.8. The zero-order valence-corrected chi connectivity index (χ0v) is 25.2. The van der Waals surface area contributed by atoms with Crippen molar-refractivity contribution in [3.05, 3.63) is 45.6 Å². The van der Waals surface area contributed by atoms with Crippen molar-refractivity contribution in [1.29, 1.82) is 0 Å². The van der Waals surface area contributed by atoms with Crippen molar-refractivity contribution in [3.63, 3.8) is 0 Å². The van der Waals surface area contributed by atoms with Crippen LogP contribution in [0.25, 0.3) is 11.1 Å². The second kappa shape index (κ2) is 14.9. The minimum atomic E-state index is -1.80. The van der Waals surface area contributed by atoms with Crippen molar-refractivity contribution in [2.24, 2.45) is 0 Å². The average Bonchev–Trinajstić information content (AvgIpc) is 3.27. The lowest BCUT2D eigenvalue weighted by atomic mass is 9.95. The number of ether oxygens (including phenoxy) is 7. The van der Waals surface area contributed by atoms with Crippen LogP contribution < -0.4 is 29.7 Å². The Hall–Kier alpha value is -3.99. The maximum Gasteiger partial charge on any atom is 0.332 e. The van der Waals surface area contributed by atoms with Gasteiger partial charge in [0.25, 0.3) is 0 Å². The Kier molecular flexibility index (Phi) is 11.2. The van der Waals surface area contributed by atoms with Crippen molar-refractivity contribution in [2.75, 3.05) is 48.3 Å². The molecule has 1 aliphatic heterocycles. The van der Waals surface area contributed by atoms with E-state index in [4.69, 9.17) is 33.2 Å². The third-order valence-corrected chi connectivity index (χ3v) is 7.62. The molecule has 5 N–H and O–H groups in total. The summed E-state index contributed by atoms with van der Waals surface area (Å²) in [6.07, 6.45) is -7.28. The van der Waals surface area contributed by atoms with E-state index in [1.165, 1.54) is 40.6 Å². The van der Waals surface area contributed by atoms with Gasteiger partial charge in [-0.05, 0) is 47.7 Å². The van der Waals surface area contributed by atoms with Crippen molar-refractivity contribution < 1.29 is 63.2 Å². The molecule has 1 heterocycles. The molecule has 2 aliphatic rings. The Labute approximate surface area is 258 Å². The summed E-state index contributed by atoms with van der Waals surface area (Å²) in [5, 5.41) is 42.1. The van der Waals surface area contributed by atoms with Gasteiger partial charge >= 0.3 is 5.97 Å². The van der Waals surface area contributed by atoms with Crippen LogP contribution in [0.15, 0.2) is 29.1 Å². The predicted molar refractivity (Wildman–Crippen MR) is 154 cm³/mol. The summed E-state index contributed by atoms with van der Waals surface area (Å²) >= 11 is 0. The molecule has 0 aromatic heterocycles. The van der Waals surface area contributed by atoms with Gasteiger partial charge in [0.05, 0.1) is 41.1 Å². The number of fused-ring (bicyclic) bond motifs is 3. The van der Waals surface area contributed by atoms with Gasteiger partial charge in [-0.3, -0.25) is 9.59 Å². The molecule has 15 nitrogen and oxygen atoms in total. The number of aliphatic hydroxyl groups excluding tert-OH is 4. The molecular formula is C30H37NO14. The van der Waals surface area contributed by atoms with Gasteiger partial charge < -0.3 is 58.9 Å². The van der Waals surface area contributed by atoms with E-state index in [1.807, 2.05) is 6.07 Å². The highest BCUT2D eigenvalue weighted by molar-refractivity contribution is 5.84. The molecule has 0 spiro atoms. The zero-order valence-electron chi connectivity index (χ0n) is 25.2. The number of methoxy groups -OCH3 is 4. The van der Waals surface area contributed by atoms with Crippen LogP contribution in [0, 0.1) is 0 Å². The Balaban J connectivity index is 1.53. The maximum atomic E-state index is 13.0. The molecule has 0 radical (unpaired) electrons. The molecule has 45 heavy (non-hydrogen) atoms. The van der Waals surface area contributed by atoms with Crippen molar-refractivity contribution in [1.82, 2.24) is 5.32 Å². The van der Waals surface area contributed by atoms with E-state index in [0.717, 1.165) is 5.56 Å². The van der Waals surface area contributed by atoms with Gasteiger partial charge in [-0.15, -0.1) is 0 Å². The number of hydrogen-bond donors (Lipinski definition) is 5. The molecule has 1 amide bonds. The smallest absolute Gasteiger partial charge is 0.332 e. The van der Waals surface area contributed by atoms with E-state index in [2.05, 4.69) is 5.32 Å². The topological polar surface area (TPSA) is 209 Å². The fraction of sp³-hybridized carbons (Fsp3) is 0.500. The summed E-state index contributed by atoms with van der Waals surface area (Å²) in [5.74, 6) is -0.375. The number of carbonyl (C=O) groups is 2. The van der Waals surface area contributed by atoms with Crippen molar-refractivity contribution in [3.8, 4) is 34.1 Å². The molecule has 1 fully saturated rings. The summed E-state index contributed by atoms with van der Waals surface area (Å²) in [6, 6.07) is 5.77. The minimum absolute atomic E-state index is 0.0913. The number of amides is 1. The molecular weight excluding hydrogens is 598 g/mol. The average molecular weight is 636 g/mol. The molecule has 15 heteroatoms. The van der Waals surface area contributed by atoms with Gasteiger partial charge in [0.1, 0.15) is 31.5 Å². The van der Waals surface area contributed by atoms with Crippen molar-refractivity contribution >= 4 is 11.9 Å². The number of aliphatic hydroxyl groups is 4. The van der Waals surface area contributed by atoms with Gasteiger partial charge in [-0.25, -0.2) is 4.79 Å². The van der Waals surface area contributed by atoms with Crippen LogP contribution >= 0.6 is 0 Å².